The molecule has 0 rings (SSSR count). The summed E-state index contributed by atoms with van der Waals surface area (Å²) in [5.41, 5.74) is 0. The maximum atomic E-state index is 12.5. The Morgan fingerprint density at radius 2 is 1.89 bits per heavy atom. The lowest BCUT2D eigenvalue weighted by Gasteiger charge is -2.18. The predicted molar refractivity (Wildman–Crippen MR) is 38.2 cm³/mol. The van der Waals surface area contributed by atoms with Gasteiger partial charge in [-0.2, -0.15) is 11.8 Å². The van der Waals surface area contributed by atoms with Crippen molar-refractivity contribution < 1.29 is 8.78 Å². The molecule has 0 N–H and O–H groups in total. The van der Waals surface area contributed by atoms with Gasteiger partial charge in [0.15, 0.2) is 0 Å². The molecule has 0 aromatic heterocycles. The third-order valence-corrected chi connectivity index (χ3v) is 1.86. The van der Waals surface area contributed by atoms with Crippen LogP contribution in [-0.2, 0) is 0 Å². The van der Waals surface area contributed by atoms with E-state index in [0.29, 0.717) is 0 Å². The molecule has 0 radical (unpaired) electrons. The van der Waals surface area contributed by atoms with Crippen LogP contribution in [0.5, 0.6) is 0 Å². The molecule has 9 heavy (non-hydrogen) atoms. The number of halogens is 2. The van der Waals surface area contributed by atoms with Gasteiger partial charge in [0.1, 0.15) is 0 Å². The largest absolute Gasteiger partial charge is 0.259 e. The third kappa shape index (κ3) is 3.04. The summed E-state index contributed by atoms with van der Waals surface area (Å²) in [5, 5.41) is 0. The van der Waals surface area contributed by atoms with Gasteiger partial charge >= 0.3 is 0 Å². The van der Waals surface area contributed by atoms with E-state index in [4.69, 9.17) is 0 Å². The van der Waals surface area contributed by atoms with Gasteiger partial charge in [0.25, 0.3) is 5.92 Å². The lowest BCUT2D eigenvalue weighted by atomic mass is 10.1. The van der Waals surface area contributed by atoms with E-state index in [1.165, 1.54) is 25.6 Å². The Kier molecular flexibility index (Phi) is 3.48. The zero-order chi connectivity index (χ0) is 7.49. The van der Waals surface area contributed by atoms with Crippen molar-refractivity contribution in [3.05, 3.63) is 0 Å². The molecule has 0 nitrogen and oxygen atoms in total. The maximum Gasteiger partial charge on any atom is 0.259 e. The minimum atomic E-state index is -2.49. The van der Waals surface area contributed by atoms with E-state index in [2.05, 4.69) is 0 Å². The van der Waals surface area contributed by atoms with Crippen molar-refractivity contribution in [2.75, 3.05) is 12.0 Å². The molecule has 0 bridgehead atoms. The van der Waals surface area contributed by atoms with Crippen LogP contribution in [0.2, 0.25) is 0 Å². The molecule has 0 unspecified atom stereocenters. The number of thioether (sulfide) groups is 1. The van der Waals surface area contributed by atoms with Crippen molar-refractivity contribution >= 4 is 11.8 Å². The average Bonchev–Trinajstić information content (AvgIpc) is 1.65. The molecule has 0 saturated heterocycles. The number of alkyl halides is 2. The number of hydrogen-bond donors (Lipinski definition) is 0. The Morgan fingerprint density at radius 1 is 1.44 bits per heavy atom. The van der Waals surface area contributed by atoms with Crippen molar-refractivity contribution in [3.63, 3.8) is 0 Å². The molecule has 0 atom stereocenters. The molecule has 3 heteroatoms. The fourth-order valence-electron chi connectivity index (χ4n) is 0.359. The molecule has 0 aliphatic carbocycles. The van der Waals surface area contributed by atoms with E-state index in [-0.39, 0.29) is 5.75 Å². The second-order valence-corrected chi connectivity index (χ2v) is 3.21. The molecular formula is C6H12F2S. The van der Waals surface area contributed by atoms with Crippen LogP contribution in [0, 0.1) is 5.92 Å². The first-order valence-corrected chi connectivity index (χ1v) is 4.27. The van der Waals surface area contributed by atoms with Gasteiger partial charge in [0.05, 0.1) is 5.75 Å². The van der Waals surface area contributed by atoms with E-state index in [0.717, 1.165) is 0 Å². The van der Waals surface area contributed by atoms with Gasteiger partial charge < -0.3 is 0 Å². The summed E-state index contributed by atoms with van der Waals surface area (Å²) < 4.78 is 25.1. The van der Waals surface area contributed by atoms with Crippen LogP contribution in [0.25, 0.3) is 0 Å². The van der Waals surface area contributed by atoms with Gasteiger partial charge in [-0.25, -0.2) is 8.78 Å². The van der Waals surface area contributed by atoms with E-state index >= 15 is 0 Å². The molecule has 0 aromatic carbocycles. The topological polar surface area (TPSA) is 0 Å². The quantitative estimate of drug-likeness (QED) is 0.602. The fourth-order valence-corrected chi connectivity index (χ4v) is 1.08. The molecule has 0 fully saturated rings. The second-order valence-electron chi connectivity index (χ2n) is 2.35. The van der Waals surface area contributed by atoms with Gasteiger partial charge in [0, 0.05) is 5.92 Å². The Balaban J connectivity index is 3.70. The Morgan fingerprint density at radius 3 is 2.00 bits per heavy atom. The smallest absolute Gasteiger partial charge is 0.206 e. The summed E-state index contributed by atoms with van der Waals surface area (Å²) in [6.07, 6.45) is 1.69. The summed E-state index contributed by atoms with van der Waals surface area (Å²) in [5.74, 6) is -3.09. The SMILES string of the molecule is CSCC(F)(F)C(C)C. The molecule has 0 aliphatic heterocycles. The molecular weight excluding hydrogens is 142 g/mol. The van der Waals surface area contributed by atoms with E-state index < -0.39 is 11.8 Å². The minimum Gasteiger partial charge on any atom is -0.206 e. The number of rotatable bonds is 3. The lowest BCUT2D eigenvalue weighted by molar-refractivity contribution is -0.0198. The molecule has 0 aliphatic rings. The van der Waals surface area contributed by atoms with Crippen LogP contribution in [0.4, 0.5) is 8.78 Å². The van der Waals surface area contributed by atoms with E-state index in [9.17, 15) is 8.78 Å². The fraction of sp³-hybridized carbons (Fsp3) is 1.00. The van der Waals surface area contributed by atoms with Gasteiger partial charge in [0.2, 0.25) is 0 Å². The van der Waals surface area contributed by atoms with Gasteiger partial charge in [-0.05, 0) is 6.26 Å². The maximum absolute atomic E-state index is 12.5. The summed E-state index contributed by atoms with van der Waals surface area (Å²) in [7, 11) is 0. The number of hydrogen-bond acceptors (Lipinski definition) is 1. The standard InChI is InChI=1S/C6H12F2S/c1-5(2)6(7,8)4-9-3/h5H,4H2,1-3H3. The normalized spacial score (nSPS) is 12.7. The highest BCUT2D eigenvalue weighted by Gasteiger charge is 2.31. The first kappa shape index (κ1) is 9.21. The van der Waals surface area contributed by atoms with Gasteiger partial charge in [-0.1, -0.05) is 13.8 Å². The Hall–Kier alpha value is 0.210. The third-order valence-electron chi connectivity index (χ3n) is 1.18. The molecule has 0 amide bonds. The first-order valence-electron chi connectivity index (χ1n) is 2.87. The van der Waals surface area contributed by atoms with Crippen molar-refractivity contribution in [1.82, 2.24) is 0 Å². The minimum absolute atomic E-state index is 0.0648. The van der Waals surface area contributed by atoms with Crippen LogP contribution in [0.1, 0.15) is 13.8 Å². The van der Waals surface area contributed by atoms with Crippen molar-refractivity contribution in [2.24, 2.45) is 5.92 Å². The lowest BCUT2D eigenvalue weighted by Crippen LogP contribution is -2.26. The first-order chi connectivity index (χ1) is 4.00. The predicted octanol–water partition coefficient (Wildman–Crippen LogP) is 2.64. The zero-order valence-corrected chi connectivity index (χ0v) is 6.77. The Labute approximate surface area is 59.0 Å². The zero-order valence-electron chi connectivity index (χ0n) is 5.95. The van der Waals surface area contributed by atoms with E-state index in [1.807, 2.05) is 0 Å². The van der Waals surface area contributed by atoms with E-state index in [1.54, 1.807) is 6.26 Å². The van der Waals surface area contributed by atoms with Crippen LogP contribution >= 0.6 is 11.8 Å². The van der Waals surface area contributed by atoms with Crippen molar-refractivity contribution in [3.8, 4) is 0 Å². The monoisotopic (exact) mass is 154 g/mol. The highest BCUT2D eigenvalue weighted by atomic mass is 32.2. The molecule has 56 valence electrons. The molecule has 0 aromatic rings. The van der Waals surface area contributed by atoms with Crippen LogP contribution < -0.4 is 0 Å². The molecule has 0 saturated carbocycles. The Bertz CT molecular complexity index is 81.1. The average molecular weight is 154 g/mol. The summed E-state index contributed by atoms with van der Waals surface area (Å²) >= 11 is 1.19. The van der Waals surface area contributed by atoms with Crippen LogP contribution in [0.3, 0.4) is 0 Å². The van der Waals surface area contributed by atoms with Crippen LogP contribution in [-0.4, -0.2) is 17.9 Å². The highest BCUT2D eigenvalue weighted by Crippen LogP contribution is 2.26. The second kappa shape index (κ2) is 3.40. The molecule has 0 spiro atoms. The highest BCUT2D eigenvalue weighted by molar-refractivity contribution is 7.98. The summed E-state index contributed by atoms with van der Waals surface area (Å²) in [4.78, 5) is 0. The summed E-state index contributed by atoms with van der Waals surface area (Å²) in [6.45, 7) is 3.08. The summed E-state index contributed by atoms with van der Waals surface area (Å²) in [6, 6.07) is 0. The van der Waals surface area contributed by atoms with Crippen molar-refractivity contribution in [2.45, 2.75) is 19.8 Å². The van der Waals surface area contributed by atoms with Gasteiger partial charge in [-0.15, -0.1) is 0 Å². The van der Waals surface area contributed by atoms with Crippen molar-refractivity contribution in [1.29, 1.82) is 0 Å². The molecule has 0 heterocycles. The van der Waals surface area contributed by atoms with Gasteiger partial charge in [-0.3, -0.25) is 0 Å². The van der Waals surface area contributed by atoms with Crippen LogP contribution in [0.15, 0.2) is 0 Å².